The van der Waals surface area contributed by atoms with Crippen molar-refractivity contribution in [1.82, 2.24) is 5.32 Å². The van der Waals surface area contributed by atoms with Gasteiger partial charge in [0.15, 0.2) is 0 Å². The third-order valence-corrected chi connectivity index (χ3v) is 5.55. The Bertz CT molecular complexity index is 1230. The number of anilines is 2. The van der Waals surface area contributed by atoms with E-state index in [1.807, 2.05) is 19.9 Å². The summed E-state index contributed by atoms with van der Waals surface area (Å²) in [6.07, 6.45) is 1.54. The van der Waals surface area contributed by atoms with Gasteiger partial charge in [0, 0.05) is 11.3 Å². The van der Waals surface area contributed by atoms with Crippen LogP contribution in [0.1, 0.15) is 27.2 Å². The maximum Gasteiger partial charge on any atom is 0.283 e. The van der Waals surface area contributed by atoms with Crippen LogP contribution in [-0.4, -0.2) is 17.7 Å². The Morgan fingerprint density at radius 3 is 2.41 bits per heavy atom. The molecule has 0 saturated heterocycles. The molecule has 3 aromatic rings. The molecule has 3 amide bonds. The molecule has 0 unspecified atom stereocenters. The van der Waals surface area contributed by atoms with Crippen LogP contribution < -0.4 is 15.5 Å². The number of carbonyl (C=O) groups is 3. The topological polar surface area (TPSA) is 91.7 Å². The summed E-state index contributed by atoms with van der Waals surface area (Å²) in [5.41, 5.74) is 3.42. The van der Waals surface area contributed by atoms with Crippen LogP contribution >= 0.6 is 11.6 Å². The van der Waals surface area contributed by atoms with E-state index >= 15 is 0 Å². The zero-order chi connectivity index (χ0) is 22.8. The molecule has 2 aromatic carbocycles. The second kappa shape index (κ2) is 8.72. The lowest BCUT2D eigenvalue weighted by Gasteiger charge is -2.16. The quantitative estimate of drug-likeness (QED) is 0.548. The SMILES string of the molecule is Cc1ccc(N2C(=O)C(Cl)=C(Nc3ccc(C(=O)NCc4ccco4)cc3)C2=O)cc1C. The summed E-state index contributed by atoms with van der Waals surface area (Å²) in [5, 5.41) is 5.48. The normalized spacial score (nSPS) is 13.7. The molecule has 2 heterocycles. The number of hydrogen-bond donors (Lipinski definition) is 2. The van der Waals surface area contributed by atoms with E-state index in [-0.39, 0.29) is 23.2 Å². The zero-order valence-corrected chi connectivity index (χ0v) is 18.2. The predicted molar refractivity (Wildman–Crippen MR) is 121 cm³/mol. The van der Waals surface area contributed by atoms with E-state index in [9.17, 15) is 14.4 Å². The number of benzene rings is 2. The van der Waals surface area contributed by atoms with Crippen LogP contribution in [0.5, 0.6) is 0 Å². The minimum Gasteiger partial charge on any atom is -0.467 e. The summed E-state index contributed by atoms with van der Waals surface area (Å²) in [5.74, 6) is -0.742. The third-order valence-electron chi connectivity index (χ3n) is 5.20. The van der Waals surface area contributed by atoms with Gasteiger partial charge >= 0.3 is 0 Å². The molecule has 7 nitrogen and oxygen atoms in total. The highest BCUT2D eigenvalue weighted by molar-refractivity contribution is 6.53. The Kier molecular flexibility index (Phi) is 5.83. The fraction of sp³-hybridized carbons (Fsp3) is 0.125. The fourth-order valence-corrected chi connectivity index (χ4v) is 3.46. The third kappa shape index (κ3) is 4.15. The van der Waals surface area contributed by atoms with Gasteiger partial charge in [-0.15, -0.1) is 0 Å². The Labute approximate surface area is 189 Å². The van der Waals surface area contributed by atoms with Crippen molar-refractivity contribution in [2.24, 2.45) is 0 Å². The van der Waals surface area contributed by atoms with Crippen molar-refractivity contribution in [2.75, 3.05) is 10.2 Å². The van der Waals surface area contributed by atoms with E-state index in [1.54, 1.807) is 48.5 Å². The van der Waals surface area contributed by atoms with E-state index in [4.69, 9.17) is 16.0 Å². The molecular formula is C24H20ClN3O4. The number of halogens is 1. The number of furan rings is 1. The van der Waals surface area contributed by atoms with Crippen LogP contribution in [0.3, 0.4) is 0 Å². The summed E-state index contributed by atoms with van der Waals surface area (Å²) < 4.78 is 5.19. The van der Waals surface area contributed by atoms with E-state index in [0.717, 1.165) is 16.0 Å². The van der Waals surface area contributed by atoms with Gasteiger partial charge in [0.1, 0.15) is 16.5 Å². The number of amides is 3. The first-order chi connectivity index (χ1) is 15.3. The maximum absolute atomic E-state index is 12.9. The van der Waals surface area contributed by atoms with Gasteiger partial charge in [-0.25, -0.2) is 4.90 Å². The van der Waals surface area contributed by atoms with Gasteiger partial charge in [-0.05, 0) is 73.5 Å². The summed E-state index contributed by atoms with van der Waals surface area (Å²) in [6.45, 7) is 4.13. The number of nitrogens with one attached hydrogen (secondary N) is 2. The fourth-order valence-electron chi connectivity index (χ4n) is 3.24. The highest BCUT2D eigenvalue weighted by atomic mass is 35.5. The Balaban J connectivity index is 1.46. The molecule has 0 saturated carbocycles. The number of hydrogen-bond acceptors (Lipinski definition) is 5. The van der Waals surface area contributed by atoms with Crippen molar-refractivity contribution in [3.05, 3.63) is 94.0 Å². The second-order valence-corrected chi connectivity index (χ2v) is 7.75. The predicted octanol–water partition coefficient (Wildman–Crippen LogP) is 4.26. The van der Waals surface area contributed by atoms with Crippen LogP contribution in [-0.2, 0) is 16.1 Å². The van der Waals surface area contributed by atoms with Crippen LogP contribution in [0.2, 0.25) is 0 Å². The maximum atomic E-state index is 12.9. The first-order valence-electron chi connectivity index (χ1n) is 9.88. The largest absolute Gasteiger partial charge is 0.467 e. The number of nitrogens with zero attached hydrogens (tertiary/aromatic N) is 1. The molecule has 1 aliphatic heterocycles. The van der Waals surface area contributed by atoms with E-state index in [1.165, 1.54) is 6.26 Å². The van der Waals surface area contributed by atoms with Gasteiger partial charge in [-0.3, -0.25) is 14.4 Å². The molecule has 0 aliphatic carbocycles. The standard InChI is InChI=1S/C24H20ClN3O4/c1-14-5-10-18(12-15(14)2)28-23(30)20(25)21(24(28)31)27-17-8-6-16(7-9-17)22(29)26-13-19-4-3-11-32-19/h3-12,27H,13H2,1-2H3,(H,26,29). The van der Waals surface area contributed by atoms with Crippen LogP contribution in [0.25, 0.3) is 0 Å². The van der Waals surface area contributed by atoms with Gasteiger partial charge in [0.05, 0.1) is 18.5 Å². The summed E-state index contributed by atoms with van der Waals surface area (Å²) in [4.78, 5) is 38.9. The summed E-state index contributed by atoms with van der Waals surface area (Å²) in [7, 11) is 0. The minimum atomic E-state index is -0.587. The van der Waals surface area contributed by atoms with Crippen molar-refractivity contribution in [3.63, 3.8) is 0 Å². The molecule has 1 aliphatic rings. The molecule has 1 aromatic heterocycles. The summed E-state index contributed by atoms with van der Waals surface area (Å²) in [6, 6.07) is 15.3. The molecule has 0 bridgehead atoms. The van der Waals surface area contributed by atoms with E-state index < -0.39 is 11.8 Å². The summed E-state index contributed by atoms with van der Waals surface area (Å²) >= 11 is 6.19. The number of aryl methyl sites for hydroxylation is 2. The minimum absolute atomic E-state index is 0.00934. The number of imide groups is 1. The van der Waals surface area contributed by atoms with Crippen molar-refractivity contribution in [2.45, 2.75) is 20.4 Å². The Morgan fingerprint density at radius 2 is 1.75 bits per heavy atom. The molecule has 2 N–H and O–H groups in total. The van der Waals surface area contributed by atoms with Gasteiger partial charge in [-0.1, -0.05) is 17.7 Å². The molecule has 0 spiro atoms. The van der Waals surface area contributed by atoms with Crippen molar-refractivity contribution >= 4 is 40.7 Å². The Morgan fingerprint density at radius 1 is 1.00 bits per heavy atom. The number of rotatable bonds is 6. The van der Waals surface area contributed by atoms with Crippen molar-refractivity contribution in [3.8, 4) is 0 Å². The lowest BCUT2D eigenvalue weighted by molar-refractivity contribution is -0.120. The monoisotopic (exact) mass is 449 g/mol. The lowest BCUT2D eigenvalue weighted by Crippen LogP contribution is -2.32. The van der Waals surface area contributed by atoms with Gasteiger partial charge in [0.2, 0.25) is 0 Å². The van der Waals surface area contributed by atoms with E-state index in [2.05, 4.69) is 10.6 Å². The van der Waals surface area contributed by atoms with Crippen LogP contribution in [0.4, 0.5) is 11.4 Å². The molecule has 162 valence electrons. The van der Waals surface area contributed by atoms with Crippen molar-refractivity contribution < 1.29 is 18.8 Å². The van der Waals surface area contributed by atoms with Crippen molar-refractivity contribution in [1.29, 1.82) is 0 Å². The molecule has 0 atom stereocenters. The van der Waals surface area contributed by atoms with Gasteiger partial charge in [0.25, 0.3) is 17.7 Å². The number of carbonyl (C=O) groups excluding carboxylic acids is 3. The van der Waals surface area contributed by atoms with Crippen LogP contribution in [0, 0.1) is 13.8 Å². The highest BCUT2D eigenvalue weighted by Crippen LogP contribution is 2.31. The molecule has 0 radical (unpaired) electrons. The van der Waals surface area contributed by atoms with Crippen LogP contribution in [0.15, 0.2) is 76.0 Å². The first-order valence-corrected chi connectivity index (χ1v) is 10.3. The zero-order valence-electron chi connectivity index (χ0n) is 17.4. The first kappa shape index (κ1) is 21.4. The molecule has 32 heavy (non-hydrogen) atoms. The van der Waals surface area contributed by atoms with E-state index in [0.29, 0.717) is 22.7 Å². The average Bonchev–Trinajstić information content (AvgIpc) is 3.38. The molecular weight excluding hydrogens is 430 g/mol. The Hall–Kier alpha value is -3.84. The smallest absolute Gasteiger partial charge is 0.283 e. The highest BCUT2D eigenvalue weighted by Gasteiger charge is 2.39. The second-order valence-electron chi connectivity index (χ2n) is 7.37. The molecule has 8 heteroatoms. The lowest BCUT2D eigenvalue weighted by atomic mass is 10.1. The molecule has 4 rings (SSSR count). The molecule has 0 fully saturated rings. The van der Waals surface area contributed by atoms with Gasteiger partial charge in [-0.2, -0.15) is 0 Å². The van der Waals surface area contributed by atoms with Gasteiger partial charge < -0.3 is 15.1 Å². The average molecular weight is 450 g/mol.